The number of aliphatic carboxylic acids is 1. The van der Waals surface area contributed by atoms with Crippen molar-refractivity contribution in [3.8, 4) is 0 Å². The van der Waals surface area contributed by atoms with E-state index in [0.29, 0.717) is 24.3 Å². The minimum atomic E-state index is -0.859. The van der Waals surface area contributed by atoms with Crippen molar-refractivity contribution in [2.75, 3.05) is 0 Å². The third-order valence-corrected chi connectivity index (χ3v) is 4.40. The van der Waals surface area contributed by atoms with Crippen molar-refractivity contribution in [1.29, 1.82) is 0 Å². The molecule has 1 unspecified atom stereocenters. The summed E-state index contributed by atoms with van der Waals surface area (Å²) in [7, 11) is 0. The Hall–Kier alpha value is -1.90. The maximum absolute atomic E-state index is 11.3. The molecule has 1 aliphatic carbocycles. The second-order valence-corrected chi connectivity index (χ2v) is 6.38. The molecule has 0 aromatic heterocycles. The fourth-order valence-electron chi connectivity index (χ4n) is 2.74. The average molecular weight is 316 g/mol. The van der Waals surface area contributed by atoms with Crippen molar-refractivity contribution < 1.29 is 14.7 Å². The van der Waals surface area contributed by atoms with E-state index in [1.165, 1.54) is 5.57 Å². The van der Waals surface area contributed by atoms with Crippen LogP contribution in [0, 0.1) is 5.92 Å². The first-order valence-corrected chi connectivity index (χ1v) is 8.31. The van der Waals surface area contributed by atoms with Gasteiger partial charge in [-0.1, -0.05) is 36.0 Å². The predicted octanol–water partition coefficient (Wildman–Crippen LogP) is 5.01. The number of carboxylic acid groups (broad SMARTS) is 1. The highest BCUT2D eigenvalue weighted by atomic mass is 16.4. The van der Waals surface area contributed by atoms with Gasteiger partial charge in [-0.05, 0) is 70.3 Å². The van der Waals surface area contributed by atoms with E-state index in [-0.39, 0.29) is 0 Å². The summed E-state index contributed by atoms with van der Waals surface area (Å²) in [6.45, 7) is 8.21. The zero-order valence-corrected chi connectivity index (χ0v) is 14.3. The molecule has 23 heavy (non-hydrogen) atoms. The Labute approximate surface area is 139 Å². The fraction of sp³-hybridized carbons (Fsp3) is 0.500. The third-order valence-electron chi connectivity index (χ3n) is 4.40. The number of carboxylic acids is 1. The van der Waals surface area contributed by atoms with Gasteiger partial charge >= 0.3 is 5.97 Å². The molecule has 0 bridgehead atoms. The quantitative estimate of drug-likeness (QED) is 0.588. The van der Waals surface area contributed by atoms with Crippen LogP contribution in [0.4, 0.5) is 0 Å². The van der Waals surface area contributed by atoms with Gasteiger partial charge in [-0.2, -0.15) is 0 Å². The van der Waals surface area contributed by atoms with Gasteiger partial charge in [0.1, 0.15) is 6.29 Å². The SMILES string of the molecule is C=C(C)C1CC=C(C)CCC=C(C(=O)O)CCC=C(C=O)CC1. The zero-order chi connectivity index (χ0) is 17.2. The molecule has 0 heterocycles. The smallest absolute Gasteiger partial charge is 0.331 e. The summed E-state index contributed by atoms with van der Waals surface area (Å²) in [5, 5.41) is 9.25. The number of hydrogen-bond donors (Lipinski definition) is 1. The molecule has 0 fully saturated rings. The second kappa shape index (κ2) is 9.98. The zero-order valence-electron chi connectivity index (χ0n) is 14.3. The van der Waals surface area contributed by atoms with Crippen LogP contribution in [0.3, 0.4) is 0 Å². The molecule has 0 radical (unpaired) electrons. The normalized spacial score (nSPS) is 21.3. The van der Waals surface area contributed by atoms with E-state index in [2.05, 4.69) is 19.6 Å². The van der Waals surface area contributed by atoms with Gasteiger partial charge in [0.15, 0.2) is 0 Å². The van der Waals surface area contributed by atoms with Gasteiger partial charge < -0.3 is 5.11 Å². The largest absolute Gasteiger partial charge is 0.478 e. The van der Waals surface area contributed by atoms with Crippen LogP contribution >= 0.6 is 0 Å². The summed E-state index contributed by atoms with van der Waals surface area (Å²) in [6.07, 6.45) is 12.1. The van der Waals surface area contributed by atoms with Crippen LogP contribution in [-0.2, 0) is 9.59 Å². The first-order valence-electron chi connectivity index (χ1n) is 8.31. The molecule has 0 aromatic carbocycles. The number of carbonyl (C=O) groups is 2. The van der Waals surface area contributed by atoms with Gasteiger partial charge in [0, 0.05) is 5.57 Å². The van der Waals surface area contributed by atoms with Crippen molar-refractivity contribution >= 4 is 12.3 Å². The van der Waals surface area contributed by atoms with Crippen LogP contribution in [-0.4, -0.2) is 17.4 Å². The lowest BCUT2D eigenvalue weighted by atomic mass is 9.89. The van der Waals surface area contributed by atoms with Crippen LogP contribution in [0.15, 0.2) is 47.1 Å². The lowest BCUT2D eigenvalue weighted by molar-refractivity contribution is -0.132. The van der Waals surface area contributed by atoms with Crippen LogP contribution in [0.2, 0.25) is 0 Å². The number of aldehydes is 1. The molecule has 0 aromatic rings. The molecule has 3 nitrogen and oxygen atoms in total. The van der Waals surface area contributed by atoms with Crippen LogP contribution in [0.1, 0.15) is 58.8 Å². The molecule has 126 valence electrons. The number of allylic oxidation sites excluding steroid dienone is 6. The fourth-order valence-corrected chi connectivity index (χ4v) is 2.74. The van der Waals surface area contributed by atoms with Gasteiger partial charge in [0.25, 0.3) is 0 Å². The van der Waals surface area contributed by atoms with Gasteiger partial charge in [-0.15, -0.1) is 0 Å². The number of carbonyl (C=O) groups excluding carboxylic acids is 1. The molecular weight excluding hydrogens is 288 g/mol. The standard InChI is InChI=1S/C20H28O3/c1-15(2)18-12-10-16(3)6-4-8-19(20(22)23)9-5-7-17(14-21)11-13-18/h7-8,10,14,18H,1,4-6,9,11-13H2,2-3H3,(H,22,23). The topological polar surface area (TPSA) is 54.4 Å². The highest BCUT2D eigenvalue weighted by Gasteiger charge is 2.11. The van der Waals surface area contributed by atoms with Crippen molar-refractivity contribution in [1.82, 2.24) is 0 Å². The van der Waals surface area contributed by atoms with E-state index < -0.39 is 5.97 Å². The lowest BCUT2D eigenvalue weighted by Crippen LogP contribution is -2.03. The Morgan fingerprint density at radius 3 is 2.52 bits per heavy atom. The number of hydrogen-bond acceptors (Lipinski definition) is 2. The molecule has 3 heteroatoms. The predicted molar refractivity (Wildman–Crippen MR) is 94.2 cm³/mol. The van der Waals surface area contributed by atoms with Crippen molar-refractivity contribution in [2.24, 2.45) is 5.92 Å². The van der Waals surface area contributed by atoms with Crippen LogP contribution in [0.5, 0.6) is 0 Å². The molecule has 0 saturated carbocycles. The summed E-state index contributed by atoms with van der Waals surface area (Å²) < 4.78 is 0. The Balaban J connectivity index is 2.95. The molecule has 1 N–H and O–H groups in total. The molecule has 0 spiro atoms. The molecule has 1 rings (SSSR count). The first kappa shape index (κ1) is 19.1. The highest BCUT2D eigenvalue weighted by molar-refractivity contribution is 5.86. The molecule has 1 aliphatic rings. The van der Waals surface area contributed by atoms with E-state index in [0.717, 1.165) is 49.5 Å². The van der Waals surface area contributed by atoms with E-state index in [9.17, 15) is 14.7 Å². The van der Waals surface area contributed by atoms with E-state index >= 15 is 0 Å². The molecular formula is C20H28O3. The van der Waals surface area contributed by atoms with Crippen molar-refractivity contribution in [3.63, 3.8) is 0 Å². The number of rotatable bonds is 3. The van der Waals surface area contributed by atoms with Crippen molar-refractivity contribution in [2.45, 2.75) is 58.8 Å². The summed E-state index contributed by atoms with van der Waals surface area (Å²) in [4.78, 5) is 22.5. The van der Waals surface area contributed by atoms with E-state index in [4.69, 9.17) is 0 Å². The van der Waals surface area contributed by atoms with E-state index in [1.54, 1.807) is 0 Å². The Morgan fingerprint density at radius 1 is 1.22 bits per heavy atom. The Kier molecular flexibility index (Phi) is 8.31. The highest BCUT2D eigenvalue weighted by Crippen LogP contribution is 2.24. The third kappa shape index (κ3) is 7.27. The molecule has 1 atom stereocenters. The second-order valence-electron chi connectivity index (χ2n) is 6.38. The minimum Gasteiger partial charge on any atom is -0.478 e. The summed E-state index contributed by atoms with van der Waals surface area (Å²) in [5.41, 5.74) is 3.63. The maximum atomic E-state index is 11.3. The summed E-state index contributed by atoms with van der Waals surface area (Å²) >= 11 is 0. The molecule has 0 saturated heterocycles. The lowest BCUT2D eigenvalue weighted by Gasteiger charge is -2.16. The summed E-state index contributed by atoms with van der Waals surface area (Å²) in [6, 6.07) is 0. The van der Waals surface area contributed by atoms with Crippen molar-refractivity contribution in [3.05, 3.63) is 47.1 Å². The van der Waals surface area contributed by atoms with Gasteiger partial charge in [0.05, 0.1) is 0 Å². The van der Waals surface area contributed by atoms with Gasteiger partial charge in [-0.3, -0.25) is 4.79 Å². The summed E-state index contributed by atoms with van der Waals surface area (Å²) in [5.74, 6) is -0.469. The van der Waals surface area contributed by atoms with E-state index in [1.807, 2.05) is 19.1 Å². The maximum Gasteiger partial charge on any atom is 0.331 e. The molecule has 0 amide bonds. The minimum absolute atomic E-state index is 0.390. The Morgan fingerprint density at radius 2 is 1.91 bits per heavy atom. The Bertz CT molecular complexity index is 535. The average Bonchev–Trinajstić information content (AvgIpc) is 2.50. The van der Waals surface area contributed by atoms with Gasteiger partial charge in [-0.25, -0.2) is 4.79 Å². The monoisotopic (exact) mass is 316 g/mol. The molecule has 0 aliphatic heterocycles. The van der Waals surface area contributed by atoms with Crippen LogP contribution in [0.25, 0.3) is 0 Å². The van der Waals surface area contributed by atoms with Crippen LogP contribution < -0.4 is 0 Å². The van der Waals surface area contributed by atoms with Gasteiger partial charge in [0.2, 0.25) is 0 Å². The first-order chi connectivity index (χ1) is 10.9.